The molecular weight excluding hydrogens is 734 g/mol. The quantitative estimate of drug-likeness (QED) is 0.170. The van der Waals surface area contributed by atoms with E-state index in [4.69, 9.17) is 4.74 Å². The summed E-state index contributed by atoms with van der Waals surface area (Å²) in [6.07, 6.45) is -1.10. The van der Waals surface area contributed by atoms with Crippen molar-refractivity contribution < 1.29 is 31.9 Å². The second-order valence-corrected chi connectivity index (χ2v) is 13.3. The van der Waals surface area contributed by atoms with Gasteiger partial charge in [-0.15, -0.1) is 0 Å². The standard InChI is InChI=1S/C37H30BrF4N5O4/c1-21-19-46-32(20-45(21)35(49)22-8-15-29(38)28(17-22)37(40,41)42)33(47(36(46)50)23-9-11-24(12-10-23)51-25-13-14-25)34(48)44-18-27-26(5-4-6-30(27)39)31-7-2-3-16-43-31/h2-12,15-17,21,25H,13-14,18-20H2,1H3,(H,44,48)/t21-/m1/s1. The van der Waals surface area contributed by atoms with Gasteiger partial charge in [0.15, 0.2) is 0 Å². The minimum Gasteiger partial charge on any atom is -0.490 e. The SMILES string of the molecule is C[C@@H]1Cn2c(c(C(=O)NCc3c(F)cccc3-c3ccccn3)n(-c3ccc(OC4CC4)cc3)c2=O)CN1C(=O)c1ccc(Br)c(C(F)(F)F)c1. The molecule has 2 aliphatic rings. The number of hydrogen-bond donors (Lipinski definition) is 1. The maximum atomic E-state index is 15.2. The van der Waals surface area contributed by atoms with Crippen molar-refractivity contribution in [1.29, 1.82) is 0 Å². The lowest BCUT2D eigenvalue weighted by atomic mass is 10.0. The minimum atomic E-state index is -4.71. The molecule has 0 bridgehead atoms. The Bertz CT molecular complexity index is 2200. The molecule has 3 heterocycles. The average molecular weight is 765 g/mol. The lowest BCUT2D eigenvalue weighted by Crippen LogP contribution is -2.47. The summed E-state index contributed by atoms with van der Waals surface area (Å²) in [5.41, 5.74) is -0.183. The van der Waals surface area contributed by atoms with E-state index in [1.807, 2.05) is 0 Å². The van der Waals surface area contributed by atoms with Crippen molar-refractivity contribution in [2.24, 2.45) is 0 Å². The number of ether oxygens (including phenoxy) is 1. The molecule has 1 atom stereocenters. The first-order valence-electron chi connectivity index (χ1n) is 16.2. The Labute approximate surface area is 297 Å². The number of halogens is 5. The molecule has 14 heteroatoms. The molecule has 1 fully saturated rings. The molecule has 1 aliphatic carbocycles. The van der Waals surface area contributed by atoms with E-state index in [-0.39, 0.29) is 52.7 Å². The van der Waals surface area contributed by atoms with Crippen LogP contribution in [-0.2, 0) is 25.8 Å². The van der Waals surface area contributed by atoms with Gasteiger partial charge in [-0.1, -0.05) is 34.1 Å². The van der Waals surface area contributed by atoms with E-state index >= 15 is 4.39 Å². The maximum Gasteiger partial charge on any atom is 0.417 e. The van der Waals surface area contributed by atoms with Gasteiger partial charge in [-0.3, -0.25) is 23.7 Å². The Kier molecular flexibility index (Phi) is 9.04. The Hall–Kier alpha value is -5.24. The number of amides is 2. The van der Waals surface area contributed by atoms with Crippen LogP contribution in [0.5, 0.6) is 5.75 Å². The van der Waals surface area contributed by atoms with Crippen LogP contribution in [0.15, 0.2) is 94.3 Å². The summed E-state index contributed by atoms with van der Waals surface area (Å²) in [4.78, 5) is 47.7. The molecule has 0 saturated heterocycles. The normalized spacial score (nSPS) is 15.7. The third-order valence-electron chi connectivity index (χ3n) is 8.95. The fraction of sp³-hybridized carbons (Fsp3) is 0.243. The van der Waals surface area contributed by atoms with E-state index in [1.165, 1.54) is 26.2 Å². The second kappa shape index (κ2) is 13.5. The predicted molar refractivity (Wildman–Crippen MR) is 183 cm³/mol. The molecule has 0 radical (unpaired) electrons. The number of carbonyl (C=O) groups excluding carboxylic acids is 2. The first-order valence-corrected chi connectivity index (χ1v) is 17.0. The van der Waals surface area contributed by atoms with Gasteiger partial charge in [0.2, 0.25) is 0 Å². The number of pyridine rings is 1. The number of benzene rings is 3. The first-order chi connectivity index (χ1) is 24.4. The number of nitrogens with zero attached hydrogens (tertiary/aromatic N) is 4. The number of alkyl halides is 3. The van der Waals surface area contributed by atoms with Crippen molar-refractivity contribution in [3.05, 3.63) is 134 Å². The van der Waals surface area contributed by atoms with Crippen LogP contribution in [0.4, 0.5) is 17.6 Å². The number of aromatic nitrogens is 3. The summed E-state index contributed by atoms with van der Waals surface area (Å²) in [7, 11) is 0. The molecular formula is C37H30BrF4N5O4. The van der Waals surface area contributed by atoms with Gasteiger partial charge >= 0.3 is 11.9 Å². The van der Waals surface area contributed by atoms with Gasteiger partial charge in [0.05, 0.1) is 35.3 Å². The van der Waals surface area contributed by atoms with Crippen LogP contribution in [0.25, 0.3) is 16.9 Å². The van der Waals surface area contributed by atoms with E-state index in [9.17, 15) is 27.6 Å². The Morgan fingerprint density at radius 3 is 2.47 bits per heavy atom. The maximum absolute atomic E-state index is 15.2. The highest BCUT2D eigenvalue weighted by atomic mass is 79.9. The number of fused-ring (bicyclic) bond motifs is 1. The molecule has 9 nitrogen and oxygen atoms in total. The molecule has 1 saturated carbocycles. The van der Waals surface area contributed by atoms with E-state index in [0.29, 0.717) is 22.7 Å². The van der Waals surface area contributed by atoms with Crippen LogP contribution in [0.2, 0.25) is 0 Å². The number of rotatable bonds is 8. The van der Waals surface area contributed by atoms with Gasteiger partial charge < -0.3 is 15.0 Å². The molecule has 51 heavy (non-hydrogen) atoms. The zero-order chi connectivity index (χ0) is 36.0. The summed E-state index contributed by atoms with van der Waals surface area (Å²) in [6, 6.07) is 19.0. The number of nitrogens with one attached hydrogen (secondary N) is 1. The first kappa shape index (κ1) is 34.2. The number of hydrogen-bond acceptors (Lipinski definition) is 5. The summed E-state index contributed by atoms with van der Waals surface area (Å²) in [6.45, 7) is 1.12. The Morgan fingerprint density at radius 2 is 1.78 bits per heavy atom. The van der Waals surface area contributed by atoms with Crippen LogP contribution in [0, 0.1) is 5.82 Å². The zero-order valence-electron chi connectivity index (χ0n) is 27.1. The second-order valence-electron chi connectivity index (χ2n) is 12.5. The Balaban J connectivity index is 1.27. The molecule has 262 valence electrons. The lowest BCUT2D eigenvalue weighted by molar-refractivity contribution is -0.138. The number of imidazole rings is 1. The smallest absolute Gasteiger partial charge is 0.417 e. The van der Waals surface area contributed by atoms with Crippen LogP contribution < -0.4 is 15.7 Å². The van der Waals surface area contributed by atoms with E-state index < -0.39 is 41.1 Å². The topological polar surface area (TPSA) is 98.5 Å². The molecule has 7 rings (SSSR count). The molecule has 2 amide bonds. The predicted octanol–water partition coefficient (Wildman–Crippen LogP) is 7.14. The van der Waals surface area contributed by atoms with Crippen molar-refractivity contribution in [3.63, 3.8) is 0 Å². The molecule has 1 aliphatic heterocycles. The fourth-order valence-corrected chi connectivity index (χ4v) is 6.68. The highest BCUT2D eigenvalue weighted by Gasteiger charge is 2.38. The monoisotopic (exact) mass is 763 g/mol. The summed E-state index contributed by atoms with van der Waals surface area (Å²) in [5, 5.41) is 2.76. The van der Waals surface area contributed by atoms with Gasteiger partial charge in [-0.05, 0) is 80.4 Å². The van der Waals surface area contributed by atoms with Gasteiger partial charge in [-0.2, -0.15) is 13.2 Å². The molecule has 1 N–H and O–H groups in total. The average Bonchev–Trinajstić information content (AvgIpc) is 3.89. The van der Waals surface area contributed by atoms with Crippen molar-refractivity contribution in [1.82, 2.24) is 24.3 Å². The zero-order valence-corrected chi connectivity index (χ0v) is 28.7. The molecule has 0 unspecified atom stereocenters. The van der Waals surface area contributed by atoms with Crippen LogP contribution in [0.3, 0.4) is 0 Å². The van der Waals surface area contributed by atoms with Crippen molar-refractivity contribution >= 4 is 27.7 Å². The van der Waals surface area contributed by atoms with Crippen LogP contribution >= 0.6 is 15.9 Å². The number of carbonyl (C=O) groups is 2. The molecule has 0 spiro atoms. The summed E-state index contributed by atoms with van der Waals surface area (Å²) in [5.74, 6) is -1.39. The van der Waals surface area contributed by atoms with Gasteiger partial charge in [-0.25, -0.2) is 9.18 Å². The van der Waals surface area contributed by atoms with E-state index in [1.54, 1.807) is 67.7 Å². The van der Waals surface area contributed by atoms with Gasteiger partial charge in [0, 0.05) is 46.5 Å². The molecule has 2 aromatic heterocycles. The van der Waals surface area contributed by atoms with Gasteiger partial charge in [0.25, 0.3) is 11.8 Å². The largest absolute Gasteiger partial charge is 0.490 e. The third-order valence-corrected chi connectivity index (χ3v) is 9.64. The van der Waals surface area contributed by atoms with Crippen molar-refractivity contribution in [2.75, 3.05) is 0 Å². The third kappa shape index (κ3) is 6.79. The minimum absolute atomic E-state index is 0.0319. The Morgan fingerprint density at radius 1 is 1.02 bits per heavy atom. The van der Waals surface area contributed by atoms with Crippen molar-refractivity contribution in [3.8, 4) is 22.7 Å². The van der Waals surface area contributed by atoms with Crippen molar-refractivity contribution in [2.45, 2.75) is 57.7 Å². The highest BCUT2D eigenvalue weighted by molar-refractivity contribution is 9.10. The van der Waals surface area contributed by atoms with E-state index in [2.05, 4.69) is 26.2 Å². The van der Waals surface area contributed by atoms with Crippen LogP contribution in [-0.4, -0.2) is 43.0 Å². The van der Waals surface area contributed by atoms with E-state index in [0.717, 1.165) is 25.0 Å². The van der Waals surface area contributed by atoms with Gasteiger partial charge in [0.1, 0.15) is 17.3 Å². The summed E-state index contributed by atoms with van der Waals surface area (Å²) < 4.78 is 64.7. The van der Waals surface area contributed by atoms with Crippen LogP contribution in [0.1, 0.15) is 57.4 Å². The molecule has 5 aromatic rings. The molecule has 3 aromatic carbocycles. The fourth-order valence-electron chi connectivity index (χ4n) is 6.21. The summed E-state index contributed by atoms with van der Waals surface area (Å²) >= 11 is 2.91. The highest BCUT2D eigenvalue weighted by Crippen LogP contribution is 2.36. The lowest BCUT2D eigenvalue weighted by Gasteiger charge is -2.34.